The molecule has 0 fully saturated rings. The molecule has 1 heterocycles. The molecule has 1 aromatic rings. The lowest BCUT2D eigenvalue weighted by atomic mass is 10.4. The molecule has 1 rings (SSSR count). The molecule has 0 radical (unpaired) electrons. The van der Waals surface area contributed by atoms with Crippen molar-refractivity contribution in [2.75, 3.05) is 47.2 Å². The summed E-state index contributed by atoms with van der Waals surface area (Å²) in [5, 5.41) is 0. The van der Waals surface area contributed by atoms with Gasteiger partial charge >= 0.3 is 0 Å². The largest absolute Gasteiger partial charge is 0.870 e. The molecule has 15 heavy (non-hydrogen) atoms. The first-order chi connectivity index (χ1) is 6.30. The van der Waals surface area contributed by atoms with Gasteiger partial charge in [-0.15, -0.1) is 0 Å². The summed E-state index contributed by atoms with van der Waals surface area (Å²) in [7, 11) is 12.5. The smallest absolute Gasteiger partial charge is 0.0675 e. The summed E-state index contributed by atoms with van der Waals surface area (Å²) in [5.74, 6) is 0. The van der Waals surface area contributed by atoms with Crippen LogP contribution >= 0.6 is 0 Å². The van der Waals surface area contributed by atoms with Gasteiger partial charge in [0.1, 0.15) is 0 Å². The van der Waals surface area contributed by atoms with Gasteiger partial charge in [0.2, 0.25) is 0 Å². The van der Waals surface area contributed by atoms with Crippen LogP contribution in [0.25, 0.3) is 0 Å². The Labute approximate surface area is 93.1 Å². The quantitative estimate of drug-likeness (QED) is 0.660. The summed E-state index contributed by atoms with van der Waals surface area (Å²) in [5.41, 5.74) is 1.19. The maximum Gasteiger partial charge on any atom is 0.0675 e. The number of anilines is 1. The highest BCUT2D eigenvalue weighted by Gasteiger charge is 1.88. The van der Waals surface area contributed by atoms with Crippen LogP contribution in [-0.4, -0.2) is 57.2 Å². The van der Waals surface area contributed by atoms with E-state index in [0.29, 0.717) is 0 Å². The molecule has 0 aromatic carbocycles. The van der Waals surface area contributed by atoms with Crippen LogP contribution in [0.2, 0.25) is 0 Å². The van der Waals surface area contributed by atoms with Crippen molar-refractivity contribution in [3.8, 4) is 0 Å². The van der Waals surface area contributed by atoms with E-state index in [2.05, 4.69) is 33.2 Å². The molecule has 0 aliphatic heterocycles. The fraction of sp³-hybridized carbons (Fsp3) is 0.545. The minimum absolute atomic E-state index is 0. The molecule has 0 amide bonds. The van der Waals surface area contributed by atoms with Crippen molar-refractivity contribution >= 4 is 5.69 Å². The normalized spacial score (nSPS) is 9.47. The predicted molar refractivity (Wildman–Crippen MR) is 64.5 cm³/mol. The second kappa shape index (κ2) is 7.20. The zero-order chi connectivity index (χ0) is 11.2. The Morgan fingerprint density at radius 2 is 1.33 bits per heavy atom. The summed E-state index contributed by atoms with van der Waals surface area (Å²) in [6.07, 6.45) is 3.57. The zero-order valence-corrected chi connectivity index (χ0v) is 10.6. The van der Waals surface area contributed by atoms with E-state index in [1.54, 1.807) is 12.4 Å². The number of rotatable bonds is 1. The van der Waals surface area contributed by atoms with Gasteiger partial charge in [0, 0.05) is 32.2 Å². The molecular formula is C11H23N3O. The van der Waals surface area contributed by atoms with Gasteiger partial charge in [0.15, 0.2) is 0 Å². The average Bonchev–Trinajstić information content (AvgIpc) is 2.03. The molecule has 1 aromatic heterocycles. The second-order valence-electron chi connectivity index (χ2n) is 4.78. The third kappa shape index (κ3) is 12.9. The molecule has 88 valence electrons. The molecule has 1 N–H and O–H groups in total. The lowest BCUT2D eigenvalue weighted by molar-refractivity contribution is -0.849. The van der Waals surface area contributed by atoms with Gasteiger partial charge in [-0.25, -0.2) is 0 Å². The highest BCUT2D eigenvalue weighted by molar-refractivity contribution is 5.42. The van der Waals surface area contributed by atoms with Crippen LogP contribution in [0.4, 0.5) is 5.69 Å². The summed E-state index contributed by atoms with van der Waals surface area (Å²) in [6.45, 7) is 0. The highest BCUT2D eigenvalue weighted by atomic mass is 16.0. The lowest BCUT2D eigenvalue weighted by Crippen LogP contribution is -2.27. The van der Waals surface area contributed by atoms with Crippen molar-refractivity contribution in [3.05, 3.63) is 24.5 Å². The van der Waals surface area contributed by atoms with E-state index in [4.69, 9.17) is 0 Å². The topological polar surface area (TPSA) is 46.1 Å². The fourth-order valence-corrected chi connectivity index (χ4v) is 0.642. The van der Waals surface area contributed by atoms with E-state index in [9.17, 15) is 0 Å². The van der Waals surface area contributed by atoms with E-state index < -0.39 is 0 Å². The van der Waals surface area contributed by atoms with Gasteiger partial charge in [-0.2, -0.15) is 0 Å². The van der Waals surface area contributed by atoms with Crippen LogP contribution in [0.3, 0.4) is 0 Å². The van der Waals surface area contributed by atoms with Crippen molar-refractivity contribution in [2.45, 2.75) is 0 Å². The second-order valence-corrected chi connectivity index (χ2v) is 4.78. The highest BCUT2D eigenvalue weighted by Crippen LogP contribution is 2.05. The average molecular weight is 213 g/mol. The van der Waals surface area contributed by atoms with Crippen LogP contribution in [0, 0.1) is 0 Å². The van der Waals surface area contributed by atoms with E-state index in [-0.39, 0.29) is 5.48 Å². The van der Waals surface area contributed by atoms with Crippen LogP contribution in [0.5, 0.6) is 0 Å². The van der Waals surface area contributed by atoms with Gasteiger partial charge < -0.3 is 14.9 Å². The minimum Gasteiger partial charge on any atom is -0.870 e. The van der Waals surface area contributed by atoms with Crippen LogP contribution in [0.15, 0.2) is 24.5 Å². The van der Waals surface area contributed by atoms with Crippen molar-refractivity contribution in [2.24, 2.45) is 0 Å². The Balaban J connectivity index is 0. The Hall–Kier alpha value is -1.13. The van der Waals surface area contributed by atoms with Crippen LogP contribution in [-0.2, 0) is 0 Å². The molecular weight excluding hydrogens is 190 g/mol. The van der Waals surface area contributed by atoms with Crippen molar-refractivity contribution in [1.29, 1.82) is 0 Å². The summed E-state index contributed by atoms with van der Waals surface area (Å²) >= 11 is 0. The van der Waals surface area contributed by atoms with Crippen molar-refractivity contribution in [3.63, 3.8) is 0 Å². The van der Waals surface area contributed by atoms with E-state index in [0.717, 1.165) is 4.48 Å². The molecule has 0 aliphatic carbocycles. The molecule has 0 unspecified atom stereocenters. The van der Waals surface area contributed by atoms with Crippen molar-refractivity contribution in [1.82, 2.24) is 4.98 Å². The van der Waals surface area contributed by atoms with Gasteiger partial charge in [0.05, 0.1) is 28.2 Å². The summed E-state index contributed by atoms with van der Waals surface area (Å²) in [4.78, 5) is 5.94. The van der Waals surface area contributed by atoms with Gasteiger partial charge in [-0.1, -0.05) is 0 Å². The lowest BCUT2D eigenvalue weighted by Gasteiger charge is -2.14. The molecule has 0 bridgehead atoms. The standard InChI is InChI=1S/C7H10N2.C4H12N.H2O/c1-9(2)7-3-5-8-6-4-7;1-5(2,3)4;/h3-6H,1-2H3;1-4H3;1H2/q;+1;/p-1. The number of hydrogen-bond acceptors (Lipinski definition) is 3. The van der Waals surface area contributed by atoms with E-state index >= 15 is 0 Å². The summed E-state index contributed by atoms with van der Waals surface area (Å²) < 4.78 is 1.00. The number of quaternary nitrogens is 1. The first-order valence-electron chi connectivity index (χ1n) is 4.67. The Morgan fingerprint density at radius 3 is 1.53 bits per heavy atom. The zero-order valence-electron chi connectivity index (χ0n) is 10.6. The molecule has 4 heteroatoms. The van der Waals surface area contributed by atoms with Gasteiger partial charge in [-0.05, 0) is 12.1 Å². The molecule has 0 spiro atoms. The predicted octanol–water partition coefficient (Wildman–Crippen LogP) is 1.29. The number of nitrogens with zero attached hydrogens (tertiary/aromatic N) is 3. The Bertz CT molecular complexity index is 236. The monoisotopic (exact) mass is 213 g/mol. The van der Waals surface area contributed by atoms with E-state index in [1.807, 2.05) is 31.1 Å². The maximum absolute atomic E-state index is 3.90. The molecule has 0 atom stereocenters. The first kappa shape index (κ1) is 16.3. The summed E-state index contributed by atoms with van der Waals surface area (Å²) in [6, 6.07) is 3.94. The van der Waals surface area contributed by atoms with Crippen LogP contribution in [0.1, 0.15) is 0 Å². The third-order valence-electron chi connectivity index (χ3n) is 1.18. The van der Waals surface area contributed by atoms with Gasteiger partial charge in [-0.3, -0.25) is 4.98 Å². The Kier molecular flexibility index (Phi) is 7.83. The number of aromatic nitrogens is 1. The number of hydrogen-bond donors (Lipinski definition) is 0. The van der Waals surface area contributed by atoms with Gasteiger partial charge in [0.25, 0.3) is 0 Å². The molecule has 0 aliphatic rings. The van der Waals surface area contributed by atoms with E-state index in [1.165, 1.54) is 5.69 Å². The maximum atomic E-state index is 3.90. The molecule has 4 nitrogen and oxygen atoms in total. The first-order valence-corrected chi connectivity index (χ1v) is 4.67. The molecule has 0 saturated carbocycles. The number of pyridine rings is 1. The minimum atomic E-state index is 0. The van der Waals surface area contributed by atoms with Crippen molar-refractivity contribution < 1.29 is 9.96 Å². The SMILES string of the molecule is CN(C)c1ccncc1.C[N+](C)(C)C.[OH-]. The third-order valence-corrected chi connectivity index (χ3v) is 1.18. The fourth-order valence-electron chi connectivity index (χ4n) is 0.642. The Morgan fingerprint density at radius 1 is 1.00 bits per heavy atom. The molecule has 0 saturated heterocycles. The van der Waals surface area contributed by atoms with Crippen LogP contribution < -0.4 is 4.90 Å².